The third kappa shape index (κ3) is 6.27. The van der Waals surface area contributed by atoms with Crippen LogP contribution in [0.5, 0.6) is 0 Å². The van der Waals surface area contributed by atoms with E-state index in [1.807, 2.05) is 37.3 Å². The van der Waals surface area contributed by atoms with Gasteiger partial charge < -0.3 is 19.5 Å². The lowest BCUT2D eigenvalue weighted by atomic mass is 10.1. The minimum Gasteiger partial charge on any atom is -0.480 e. The smallest absolute Gasteiger partial charge is 0.326 e. The molecule has 0 saturated carbocycles. The normalized spacial score (nSPS) is 20.9. The van der Waals surface area contributed by atoms with Gasteiger partial charge in [0.25, 0.3) is 0 Å². The summed E-state index contributed by atoms with van der Waals surface area (Å²) in [6.07, 6.45) is 0.330. The van der Waals surface area contributed by atoms with Crippen LogP contribution >= 0.6 is 0 Å². The lowest BCUT2D eigenvalue weighted by molar-refractivity contribution is -0.150. The number of aliphatic carboxylic acids is 1. The van der Waals surface area contributed by atoms with Crippen molar-refractivity contribution in [2.24, 2.45) is 0 Å². The Labute approximate surface area is 171 Å². The molecule has 1 fully saturated rings. The molecule has 8 nitrogen and oxygen atoms in total. The van der Waals surface area contributed by atoms with Crippen LogP contribution in [0.15, 0.2) is 30.3 Å². The molecule has 0 spiro atoms. The van der Waals surface area contributed by atoms with Crippen LogP contribution in [0.25, 0.3) is 0 Å². The second kappa shape index (κ2) is 10.9. The Morgan fingerprint density at radius 2 is 1.93 bits per heavy atom. The number of nitrogens with zero attached hydrogens (tertiary/aromatic N) is 1. The number of likely N-dealkylation sites (tertiary alicyclic amines) is 1. The van der Waals surface area contributed by atoms with Crippen LogP contribution in [-0.2, 0) is 30.5 Å². The van der Waals surface area contributed by atoms with Gasteiger partial charge >= 0.3 is 11.9 Å². The molecule has 0 radical (unpaired) electrons. The van der Waals surface area contributed by atoms with Crippen molar-refractivity contribution in [1.29, 1.82) is 0 Å². The van der Waals surface area contributed by atoms with E-state index in [0.29, 0.717) is 13.0 Å². The molecule has 3 unspecified atom stereocenters. The van der Waals surface area contributed by atoms with Crippen molar-refractivity contribution >= 4 is 17.8 Å². The highest BCUT2D eigenvalue weighted by Crippen LogP contribution is 2.23. The van der Waals surface area contributed by atoms with Gasteiger partial charge in [0, 0.05) is 13.0 Å². The second-order valence-corrected chi connectivity index (χ2v) is 7.10. The molecule has 2 rings (SSSR count). The zero-order valence-corrected chi connectivity index (χ0v) is 17.2. The van der Waals surface area contributed by atoms with Crippen LogP contribution in [0.1, 0.15) is 39.2 Å². The minimum absolute atomic E-state index is 0.199. The first-order valence-electron chi connectivity index (χ1n) is 9.98. The summed E-state index contributed by atoms with van der Waals surface area (Å²) in [5.74, 6) is -1.85. The largest absolute Gasteiger partial charge is 0.480 e. The molecule has 160 valence electrons. The summed E-state index contributed by atoms with van der Waals surface area (Å²) in [6, 6.07) is 7.29. The zero-order valence-electron chi connectivity index (χ0n) is 17.2. The molecule has 1 saturated heterocycles. The molecule has 1 amide bonds. The van der Waals surface area contributed by atoms with Gasteiger partial charge in [-0.2, -0.15) is 0 Å². The van der Waals surface area contributed by atoms with Crippen molar-refractivity contribution in [3.8, 4) is 0 Å². The van der Waals surface area contributed by atoms with Crippen molar-refractivity contribution in [3.05, 3.63) is 35.9 Å². The van der Waals surface area contributed by atoms with Crippen LogP contribution < -0.4 is 5.32 Å². The summed E-state index contributed by atoms with van der Waals surface area (Å²) >= 11 is 0. The zero-order chi connectivity index (χ0) is 21.4. The first kappa shape index (κ1) is 22.8. The summed E-state index contributed by atoms with van der Waals surface area (Å²) in [7, 11) is 0. The quantitative estimate of drug-likeness (QED) is 0.568. The summed E-state index contributed by atoms with van der Waals surface area (Å²) in [5, 5.41) is 12.5. The maximum atomic E-state index is 12.9. The van der Waals surface area contributed by atoms with E-state index in [9.17, 15) is 19.5 Å². The van der Waals surface area contributed by atoms with Crippen molar-refractivity contribution in [1.82, 2.24) is 10.2 Å². The number of carbonyl (C=O) groups is 3. The fraction of sp³-hybridized carbons (Fsp3) is 0.571. The van der Waals surface area contributed by atoms with Crippen LogP contribution in [0.2, 0.25) is 0 Å². The second-order valence-electron chi connectivity index (χ2n) is 7.10. The molecule has 1 aliphatic rings. The standard InChI is InChI=1S/C21H30N2O6/c1-4-17(21(27)28-5-2)22-14(3)19(24)23-12-16(11-18(23)20(25)26)29-13-15-9-7-6-8-10-15/h6-10,14,16-18,22H,4-5,11-13H2,1-3H3,(H,25,26)/t14-,16?,17?,18?/m0/s1. The number of hydrogen-bond acceptors (Lipinski definition) is 6. The number of carboxylic acids is 1. The van der Waals surface area contributed by atoms with E-state index in [-0.39, 0.29) is 31.6 Å². The van der Waals surface area contributed by atoms with Gasteiger partial charge in [0.1, 0.15) is 12.1 Å². The van der Waals surface area contributed by atoms with Crippen molar-refractivity contribution < 1.29 is 29.0 Å². The highest BCUT2D eigenvalue weighted by Gasteiger charge is 2.42. The average molecular weight is 406 g/mol. The predicted octanol–water partition coefficient (Wildman–Crippen LogP) is 1.58. The molecule has 1 aromatic rings. The number of nitrogens with one attached hydrogen (secondary N) is 1. The van der Waals surface area contributed by atoms with Gasteiger partial charge in [-0.1, -0.05) is 37.3 Å². The van der Waals surface area contributed by atoms with Crippen molar-refractivity contribution in [2.75, 3.05) is 13.2 Å². The number of rotatable bonds is 10. The van der Waals surface area contributed by atoms with Gasteiger partial charge in [-0.15, -0.1) is 0 Å². The van der Waals surface area contributed by atoms with E-state index in [1.165, 1.54) is 4.90 Å². The van der Waals surface area contributed by atoms with Gasteiger partial charge in [0.05, 0.1) is 25.4 Å². The minimum atomic E-state index is -1.06. The summed E-state index contributed by atoms with van der Waals surface area (Å²) in [4.78, 5) is 37.9. The molecule has 0 aliphatic carbocycles. The number of amides is 1. The summed E-state index contributed by atoms with van der Waals surface area (Å²) in [6.45, 7) is 5.97. The van der Waals surface area contributed by atoms with Gasteiger partial charge in [-0.05, 0) is 25.8 Å². The summed E-state index contributed by atoms with van der Waals surface area (Å²) < 4.78 is 10.9. The van der Waals surface area contributed by atoms with Crippen LogP contribution in [0.4, 0.5) is 0 Å². The molecule has 1 aliphatic heterocycles. The number of carboxylic acid groups (broad SMARTS) is 1. The van der Waals surface area contributed by atoms with Gasteiger partial charge in [-0.25, -0.2) is 4.79 Å². The van der Waals surface area contributed by atoms with Crippen molar-refractivity contribution in [2.45, 2.75) is 64.4 Å². The molecular weight excluding hydrogens is 376 g/mol. The Bertz CT molecular complexity index is 696. The van der Waals surface area contributed by atoms with E-state index in [1.54, 1.807) is 13.8 Å². The number of carbonyl (C=O) groups excluding carboxylic acids is 2. The van der Waals surface area contributed by atoms with Gasteiger partial charge in [-0.3, -0.25) is 14.9 Å². The Hall–Kier alpha value is -2.45. The molecule has 1 heterocycles. The van der Waals surface area contributed by atoms with Crippen LogP contribution in [0, 0.1) is 0 Å². The van der Waals surface area contributed by atoms with E-state index in [0.717, 1.165) is 5.56 Å². The summed E-state index contributed by atoms with van der Waals surface area (Å²) in [5.41, 5.74) is 0.986. The van der Waals surface area contributed by atoms with Gasteiger partial charge in [0.2, 0.25) is 5.91 Å². The fourth-order valence-corrected chi connectivity index (χ4v) is 3.40. The Morgan fingerprint density at radius 3 is 2.52 bits per heavy atom. The van der Waals surface area contributed by atoms with E-state index in [2.05, 4.69) is 5.32 Å². The molecule has 29 heavy (non-hydrogen) atoms. The molecule has 8 heteroatoms. The lowest BCUT2D eigenvalue weighted by Crippen LogP contribution is -2.53. The Kier molecular flexibility index (Phi) is 8.60. The first-order chi connectivity index (χ1) is 13.9. The average Bonchev–Trinajstić information content (AvgIpc) is 3.15. The topological polar surface area (TPSA) is 105 Å². The van der Waals surface area contributed by atoms with E-state index >= 15 is 0 Å². The third-order valence-corrected chi connectivity index (χ3v) is 4.96. The highest BCUT2D eigenvalue weighted by molar-refractivity contribution is 5.88. The third-order valence-electron chi connectivity index (χ3n) is 4.96. The van der Waals surface area contributed by atoms with Crippen LogP contribution in [0.3, 0.4) is 0 Å². The molecule has 2 N–H and O–H groups in total. The lowest BCUT2D eigenvalue weighted by Gasteiger charge is -2.27. The Morgan fingerprint density at radius 1 is 1.24 bits per heavy atom. The molecule has 1 aromatic carbocycles. The van der Waals surface area contributed by atoms with Gasteiger partial charge in [0.15, 0.2) is 0 Å². The monoisotopic (exact) mass is 406 g/mol. The van der Waals surface area contributed by atoms with Crippen LogP contribution in [-0.4, -0.2) is 65.2 Å². The number of hydrogen-bond donors (Lipinski definition) is 2. The fourth-order valence-electron chi connectivity index (χ4n) is 3.40. The van der Waals surface area contributed by atoms with E-state index < -0.39 is 30.1 Å². The maximum absolute atomic E-state index is 12.9. The Balaban J connectivity index is 1.99. The first-order valence-corrected chi connectivity index (χ1v) is 9.98. The van der Waals surface area contributed by atoms with Crippen molar-refractivity contribution in [3.63, 3.8) is 0 Å². The number of benzene rings is 1. The highest BCUT2D eigenvalue weighted by atomic mass is 16.5. The molecule has 0 bridgehead atoms. The van der Waals surface area contributed by atoms with E-state index in [4.69, 9.17) is 9.47 Å². The number of ether oxygens (including phenoxy) is 2. The molecular formula is C21H30N2O6. The maximum Gasteiger partial charge on any atom is 0.326 e. The number of esters is 1. The molecule has 4 atom stereocenters. The SMILES string of the molecule is CCOC(=O)C(CC)N[C@@H](C)C(=O)N1CC(OCc2ccccc2)CC1C(=O)O. The predicted molar refractivity (Wildman–Crippen MR) is 106 cm³/mol. The molecule has 0 aromatic heterocycles.